The Morgan fingerprint density at radius 1 is 1.00 bits per heavy atom. The molecular weight excluding hydrogens is 464 g/mol. The van der Waals surface area contributed by atoms with Crippen molar-refractivity contribution in [3.05, 3.63) is 90.1 Å². The number of ether oxygens (including phenoxy) is 2. The molecule has 1 aliphatic heterocycles. The van der Waals surface area contributed by atoms with Crippen LogP contribution in [0, 0.1) is 0 Å². The third-order valence-electron chi connectivity index (χ3n) is 6.59. The minimum atomic E-state index is -0.203. The molecule has 7 nitrogen and oxygen atoms in total. The molecule has 1 amide bonds. The molecule has 0 radical (unpaired) electrons. The van der Waals surface area contributed by atoms with Gasteiger partial charge in [0.1, 0.15) is 6.61 Å². The zero-order valence-electron chi connectivity index (χ0n) is 21.1. The molecule has 1 aliphatic rings. The first kappa shape index (κ1) is 24.6. The van der Waals surface area contributed by atoms with Crippen LogP contribution in [0.1, 0.15) is 24.0 Å². The van der Waals surface area contributed by atoms with Gasteiger partial charge in [-0.2, -0.15) is 5.10 Å². The maximum atomic E-state index is 12.6. The summed E-state index contributed by atoms with van der Waals surface area (Å²) in [5, 5.41) is 8.58. The van der Waals surface area contributed by atoms with Crippen molar-refractivity contribution < 1.29 is 14.3 Å². The summed E-state index contributed by atoms with van der Waals surface area (Å²) in [5.41, 5.74) is 3.69. The maximum absolute atomic E-state index is 12.6. The van der Waals surface area contributed by atoms with Gasteiger partial charge >= 0.3 is 0 Å². The molecule has 0 unspecified atom stereocenters. The van der Waals surface area contributed by atoms with Crippen LogP contribution in [0.15, 0.2) is 79.0 Å². The molecule has 1 fully saturated rings. The van der Waals surface area contributed by atoms with E-state index in [0.29, 0.717) is 18.1 Å². The van der Waals surface area contributed by atoms with E-state index in [1.165, 1.54) is 32.0 Å². The number of amides is 1. The van der Waals surface area contributed by atoms with Crippen molar-refractivity contribution in [1.29, 1.82) is 0 Å². The van der Waals surface area contributed by atoms with Gasteiger partial charge in [0.05, 0.1) is 25.4 Å². The molecule has 1 N–H and O–H groups in total. The molecule has 1 aromatic heterocycles. The highest BCUT2D eigenvalue weighted by molar-refractivity contribution is 6.02. The summed E-state index contributed by atoms with van der Waals surface area (Å²) in [4.78, 5) is 15.1. The molecular formula is C30H32N4O3. The average Bonchev–Trinajstić information content (AvgIpc) is 3.60. The second-order valence-corrected chi connectivity index (χ2v) is 9.20. The number of carbonyl (C=O) groups is 1. The van der Waals surface area contributed by atoms with Crippen LogP contribution in [0.2, 0.25) is 0 Å². The van der Waals surface area contributed by atoms with E-state index in [0.717, 1.165) is 40.8 Å². The first-order valence-electron chi connectivity index (χ1n) is 12.7. The van der Waals surface area contributed by atoms with E-state index in [1.54, 1.807) is 13.2 Å². The smallest absolute Gasteiger partial charge is 0.248 e. The predicted molar refractivity (Wildman–Crippen MR) is 147 cm³/mol. The Morgan fingerprint density at radius 3 is 2.65 bits per heavy atom. The number of benzene rings is 3. The minimum Gasteiger partial charge on any atom is -0.493 e. The van der Waals surface area contributed by atoms with Gasteiger partial charge in [-0.15, -0.1) is 0 Å². The lowest BCUT2D eigenvalue weighted by Crippen LogP contribution is -2.24. The zero-order chi connectivity index (χ0) is 25.5. The van der Waals surface area contributed by atoms with Gasteiger partial charge in [-0.1, -0.05) is 36.4 Å². The summed E-state index contributed by atoms with van der Waals surface area (Å²) >= 11 is 0. The molecule has 0 aliphatic carbocycles. The number of methoxy groups -OCH3 is 1. The fourth-order valence-corrected chi connectivity index (χ4v) is 4.57. The number of likely N-dealkylation sites (tertiary alicyclic amines) is 1. The molecule has 37 heavy (non-hydrogen) atoms. The van der Waals surface area contributed by atoms with Gasteiger partial charge in [0.2, 0.25) is 5.91 Å². The van der Waals surface area contributed by atoms with E-state index in [1.807, 2.05) is 77.6 Å². The number of carbonyl (C=O) groups excluding carboxylic acids is 1. The highest BCUT2D eigenvalue weighted by atomic mass is 16.5. The van der Waals surface area contributed by atoms with Crippen molar-refractivity contribution in [2.45, 2.75) is 26.0 Å². The number of nitrogens with zero attached hydrogens (tertiary/aromatic N) is 3. The molecule has 5 rings (SSSR count). The van der Waals surface area contributed by atoms with Gasteiger partial charge in [-0.25, -0.2) is 0 Å². The predicted octanol–water partition coefficient (Wildman–Crippen LogP) is 5.37. The normalized spacial score (nSPS) is 13.9. The van der Waals surface area contributed by atoms with Gasteiger partial charge in [0.15, 0.2) is 11.5 Å². The molecule has 0 spiro atoms. The standard InChI is InChI=1S/C30H32N4O3/c1-36-29-19-23(9-13-28(29)37-22-24-7-3-2-4-8-24)10-14-30(35)32-26-12-11-25-21-31-34(27(25)20-26)18-17-33-15-5-6-16-33/h2-4,7-14,19-21H,5-6,15-18,22H2,1H3,(H,32,35)/b14-10+. The summed E-state index contributed by atoms with van der Waals surface area (Å²) in [6.07, 6.45) is 7.72. The lowest BCUT2D eigenvalue weighted by atomic mass is 10.2. The van der Waals surface area contributed by atoms with Crippen LogP contribution >= 0.6 is 0 Å². The second-order valence-electron chi connectivity index (χ2n) is 9.20. The topological polar surface area (TPSA) is 68.6 Å². The van der Waals surface area contributed by atoms with Gasteiger partial charge < -0.3 is 19.7 Å². The number of fused-ring (bicyclic) bond motifs is 1. The lowest BCUT2D eigenvalue weighted by molar-refractivity contribution is -0.111. The molecule has 4 aromatic rings. The van der Waals surface area contributed by atoms with Crippen molar-refractivity contribution in [3.63, 3.8) is 0 Å². The quantitative estimate of drug-likeness (QED) is 0.299. The molecule has 7 heteroatoms. The monoisotopic (exact) mass is 496 g/mol. The number of anilines is 1. The van der Waals surface area contributed by atoms with Crippen LogP contribution in [0.25, 0.3) is 17.0 Å². The van der Waals surface area contributed by atoms with E-state index < -0.39 is 0 Å². The largest absolute Gasteiger partial charge is 0.493 e. The number of aromatic nitrogens is 2. The molecule has 3 aromatic carbocycles. The Labute approximate surface area is 217 Å². The van der Waals surface area contributed by atoms with Gasteiger partial charge in [0, 0.05) is 23.7 Å². The number of rotatable bonds is 10. The Bertz CT molecular complexity index is 1370. The summed E-state index contributed by atoms with van der Waals surface area (Å²) in [7, 11) is 1.61. The Morgan fingerprint density at radius 2 is 1.84 bits per heavy atom. The lowest BCUT2D eigenvalue weighted by Gasteiger charge is -2.14. The molecule has 0 bridgehead atoms. The van der Waals surface area contributed by atoms with Crippen LogP contribution in [0.4, 0.5) is 5.69 Å². The van der Waals surface area contributed by atoms with Crippen molar-refractivity contribution >= 4 is 28.6 Å². The van der Waals surface area contributed by atoms with E-state index in [4.69, 9.17) is 9.47 Å². The Hall–Kier alpha value is -4.10. The van der Waals surface area contributed by atoms with E-state index in [2.05, 4.69) is 15.3 Å². The third kappa shape index (κ3) is 6.37. The van der Waals surface area contributed by atoms with Crippen molar-refractivity contribution in [3.8, 4) is 11.5 Å². The third-order valence-corrected chi connectivity index (χ3v) is 6.59. The van der Waals surface area contributed by atoms with E-state index in [-0.39, 0.29) is 5.91 Å². The summed E-state index contributed by atoms with van der Waals surface area (Å²) in [6.45, 7) is 4.63. The number of hydrogen-bond donors (Lipinski definition) is 1. The van der Waals surface area contributed by atoms with Crippen molar-refractivity contribution in [2.24, 2.45) is 0 Å². The average molecular weight is 497 g/mol. The molecule has 1 saturated heterocycles. The van der Waals surface area contributed by atoms with Gasteiger partial charge in [-0.05, 0) is 73.5 Å². The highest BCUT2D eigenvalue weighted by Crippen LogP contribution is 2.29. The van der Waals surface area contributed by atoms with Gasteiger partial charge in [-0.3, -0.25) is 9.48 Å². The van der Waals surface area contributed by atoms with Crippen LogP contribution in [-0.4, -0.2) is 47.3 Å². The van der Waals surface area contributed by atoms with Crippen LogP contribution in [0.5, 0.6) is 11.5 Å². The molecule has 0 atom stereocenters. The number of nitrogens with one attached hydrogen (secondary N) is 1. The first-order valence-corrected chi connectivity index (χ1v) is 12.7. The summed E-state index contributed by atoms with van der Waals surface area (Å²) in [5.74, 6) is 1.07. The molecule has 190 valence electrons. The van der Waals surface area contributed by atoms with Crippen LogP contribution in [0.3, 0.4) is 0 Å². The fraction of sp³-hybridized carbons (Fsp3) is 0.267. The summed E-state index contributed by atoms with van der Waals surface area (Å²) in [6, 6.07) is 21.5. The first-order chi connectivity index (χ1) is 18.2. The zero-order valence-corrected chi connectivity index (χ0v) is 21.1. The number of hydrogen-bond acceptors (Lipinski definition) is 5. The van der Waals surface area contributed by atoms with E-state index in [9.17, 15) is 4.79 Å². The second kappa shape index (κ2) is 11.8. The molecule has 2 heterocycles. The van der Waals surface area contributed by atoms with Gasteiger partial charge in [0.25, 0.3) is 0 Å². The minimum absolute atomic E-state index is 0.203. The van der Waals surface area contributed by atoms with Crippen LogP contribution in [-0.2, 0) is 17.9 Å². The summed E-state index contributed by atoms with van der Waals surface area (Å²) < 4.78 is 13.4. The maximum Gasteiger partial charge on any atom is 0.248 e. The van der Waals surface area contributed by atoms with Crippen molar-refractivity contribution in [2.75, 3.05) is 32.1 Å². The molecule has 0 saturated carbocycles. The van der Waals surface area contributed by atoms with Crippen molar-refractivity contribution in [1.82, 2.24) is 14.7 Å². The Balaban J connectivity index is 1.20. The fourth-order valence-electron chi connectivity index (χ4n) is 4.57. The Kier molecular flexibility index (Phi) is 7.81. The SMILES string of the molecule is COc1cc(/C=C/C(=O)Nc2ccc3cnn(CCN4CCCC4)c3c2)ccc1OCc1ccccc1. The van der Waals surface area contributed by atoms with Crippen LogP contribution < -0.4 is 14.8 Å². The van der Waals surface area contributed by atoms with E-state index >= 15 is 0 Å². The highest BCUT2D eigenvalue weighted by Gasteiger charge is 2.12.